The molecule has 2 atom stereocenters. The number of benzene rings is 3. The molecule has 0 saturated carbocycles. The third kappa shape index (κ3) is 6.61. The minimum Gasteiger partial charge on any atom is -0.335 e. The number of aryl methyl sites for hydroxylation is 1. The van der Waals surface area contributed by atoms with Crippen LogP contribution in [0.25, 0.3) is 21.5 Å². The Morgan fingerprint density at radius 3 is 1.69 bits per heavy atom. The molecule has 3 aromatic carbocycles. The van der Waals surface area contributed by atoms with E-state index in [0.29, 0.717) is 0 Å². The zero-order valence-corrected chi connectivity index (χ0v) is 23.3. The van der Waals surface area contributed by atoms with Crippen molar-refractivity contribution in [1.82, 2.24) is 0 Å². The standard InChI is InChI=1S/C26H32I2O4/c1-4-7-13-23(27)29-31-25-19-11-9-10-12-20(19)26(32-30-24(28)14-8-5-2)22-17-18(6-3)15-16-21(22)25/h9-12,15-17,23-24H,4-8,13-14H2,1-3H3. The van der Waals surface area contributed by atoms with Crippen molar-refractivity contribution < 1.29 is 19.6 Å². The molecule has 0 heterocycles. The number of alkyl halides is 2. The maximum atomic E-state index is 6.02. The largest absolute Gasteiger partial charge is 0.335 e. The molecule has 3 rings (SSSR count). The predicted molar refractivity (Wildman–Crippen MR) is 149 cm³/mol. The highest BCUT2D eigenvalue weighted by atomic mass is 127. The molecule has 0 radical (unpaired) electrons. The monoisotopic (exact) mass is 662 g/mol. The lowest BCUT2D eigenvalue weighted by molar-refractivity contribution is -0.214. The Morgan fingerprint density at radius 1 is 0.688 bits per heavy atom. The zero-order chi connectivity index (χ0) is 22.9. The van der Waals surface area contributed by atoms with Crippen molar-refractivity contribution >= 4 is 66.7 Å². The fraction of sp³-hybridized carbons (Fsp3) is 0.462. The second-order valence-electron chi connectivity index (χ2n) is 7.90. The number of rotatable bonds is 13. The molecule has 6 heteroatoms. The summed E-state index contributed by atoms with van der Waals surface area (Å²) >= 11 is 4.59. The second-order valence-corrected chi connectivity index (χ2v) is 10.7. The first kappa shape index (κ1) is 25.8. The average Bonchev–Trinajstić information content (AvgIpc) is 2.82. The molecule has 0 aliphatic heterocycles. The van der Waals surface area contributed by atoms with E-state index in [0.717, 1.165) is 78.0 Å². The van der Waals surface area contributed by atoms with Crippen LogP contribution in [-0.2, 0) is 16.2 Å². The smallest absolute Gasteiger partial charge is 0.181 e. The van der Waals surface area contributed by atoms with E-state index in [1.54, 1.807) is 0 Å². The highest BCUT2D eigenvalue weighted by Crippen LogP contribution is 2.44. The molecule has 0 aliphatic carbocycles. The SMILES string of the molecule is CCCCC(I)OOc1c2ccccc2c(OOC(I)CCCC)c2cc(CC)ccc12. The van der Waals surface area contributed by atoms with Gasteiger partial charge >= 0.3 is 0 Å². The lowest BCUT2D eigenvalue weighted by Gasteiger charge is -2.18. The van der Waals surface area contributed by atoms with Crippen molar-refractivity contribution in [3.05, 3.63) is 48.0 Å². The van der Waals surface area contributed by atoms with Crippen LogP contribution >= 0.6 is 45.2 Å². The summed E-state index contributed by atoms with van der Waals surface area (Å²) in [4.78, 5) is 23.6. The van der Waals surface area contributed by atoms with E-state index in [2.05, 4.69) is 84.2 Å². The van der Waals surface area contributed by atoms with E-state index < -0.39 is 0 Å². The van der Waals surface area contributed by atoms with Gasteiger partial charge in [-0.15, -0.1) is 0 Å². The van der Waals surface area contributed by atoms with Crippen LogP contribution in [0.3, 0.4) is 0 Å². The Labute approximate surface area is 218 Å². The van der Waals surface area contributed by atoms with Gasteiger partial charge in [0.05, 0.1) is 0 Å². The molecule has 0 aliphatic rings. The summed E-state index contributed by atoms with van der Waals surface area (Å²) in [6, 6.07) is 14.5. The van der Waals surface area contributed by atoms with Gasteiger partial charge in [-0.3, -0.25) is 0 Å². The van der Waals surface area contributed by atoms with Crippen LogP contribution in [0.2, 0.25) is 0 Å². The number of unbranched alkanes of at least 4 members (excludes halogenated alkanes) is 2. The summed E-state index contributed by atoms with van der Waals surface area (Å²) in [5.41, 5.74) is 1.23. The van der Waals surface area contributed by atoms with E-state index in [-0.39, 0.29) is 8.22 Å². The van der Waals surface area contributed by atoms with Crippen LogP contribution in [0.4, 0.5) is 0 Å². The van der Waals surface area contributed by atoms with Crippen molar-refractivity contribution in [3.63, 3.8) is 0 Å². The van der Waals surface area contributed by atoms with E-state index in [1.165, 1.54) is 5.56 Å². The lowest BCUT2D eigenvalue weighted by atomic mass is 9.98. The first-order valence-corrected chi connectivity index (χ1v) is 14.0. The van der Waals surface area contributed by atoms with Gasteiger partial charge in [0.25, 0.3) is 0 Å². The number of fused-ring (bicyclic) bond motifs is 2. The molecule has 0 N–H and O–H groups in total. The van der Waals surface area contributed by atoms with Gasteiger partial charge in [0.1, 0.15) is 0 Å². The van der Waals surface area contributed by atoms with Gasteiger partial charge in [0, 0.05) is 21.5 Å². The summed E-state index contributed by atoms with van der Waals surface area (Å²) in [6.45, 7) is 6.51. The van der Waals surface area contributed by atoms with Crippen molar-refractivity contribution in [2.75, 3.05) is 0 Å². The fourth-order valence-electron chi connectivity index (χ4n) is 3.57. The number of hydrogen-bond acceptors (Lipinski definition) is 4. The molecule has 2 unspecified atom stereocenters. The summed E-state index contributed by atoms with van der Waals surface area (Å²) < 4.78 is -0.0118. The molecule has 0 saturated heterocycles. The molecular formula is C26H32I2O4. The van der Waals surface area contributed by atoms with Gasteiger partial charge < -0.3 is 9.78 Å². The second kappa shape index (κ2) is 13.2. The van der Waals surface area contributed by atoms with E-state index in [4.69, 9.17) is 19.6 Å². The molecule has 0 amide bonds. The van der Waals surface area contributed by atoms with Crippen LogP contribution in [0.15, 0.2) is 42.5 Å². The van der Waals surface area contributed by atoms with Crippen molar-refractivity contribution in [2.24, 2.45) is 0 Å². The maximum absolute atomic E-state index is 6.02. The molecule has 4 nitrogen and oxygen atoms in total. The summed E-state index contributed by atoms with van der Waals surface area (Å²) in [5.74, 6) is 1.45. The Balaban J connectivity index is 2.03. The predicted octanol–water partition coefficient (Wildman–Crippen LogP) is 9.08. The average molecular weight is 662 g/mol. The Bertz CT molecular complexity index is 1010. The van der Waals surface area contributed by atoms with E-state index >= 15 is 0 Å². The van der Waals surface area contributed by atoms with Crippen LogP contribution < -0.4 is 9.78 Å². The highest BCUT2D eigenvalue weighted by molar-refractivity contribution is 14.1. The Kier molecular flexibility index (Phi) is 10.6. The summed E-state index contributed by atoms with van der Waals surface area (Å²) in [7, 11) is 0. The normalized spacial score (nSPS) is 13.4. The van der Waals surface area contributed by atoms with Crippen LogP contribution in [0, 0.1) is 0 Å². The number of halogens is 2. The van der Waals surface area contributed by atoms with Gasteiger partial charge in [-0.25, -0.2) is 0 Å². The lowest BCUT2D eigenvalue weighted by Crippen LogP contribution is -2.10. The molecule has 0 spiro atoms. The van der Waals surface area contributed by atoms with E-state index in [1.807, 2.05) is 24.3 Å². The summed E-state index contributed by atoms with van der Waals surface area (Å²) in [6.07, 6.45) is 7.34. The van der Waals surface area contributed by atoms with E-state index in [9.17, 15) is 0 Å². The van der Waals surface area contributed by atoms with Gasteiger partial charge in [-0.1, -0.05) is 82.9 Å². The molecule has 3 aromatic rings. The third-order valence-corrected chi connectivity index (χ3v) is 7.10. The molecule has 0 bridgehead atoms. The van der Waals surface area contributed by atoms with Crippen molar-refractivity contribution in [3.8, 4) is 11.5 Å². The van der Waals surface area contributed by atoms with Crippen LogP contribution in [-0.4, -0.2) is 8.22 Å². The minimum atomic E-state index is -0.00618. The number of hydrogen-bond donors (Lipinski definition) is 0. The molecule has 0 aromatic heterocycles. The van der Waals surface area contributed by atoms with Crippen molar-refractivity contribution in [1.29, 1.82) is 0 Å². The first-order chi connectivity index (χ1) is 15.6. The van der Waals surface area contributed by atoms with Gasteiger partial charge in [0.15, 0.2) is 19.7 Å². The third-order valence-electron chi connectivity index (χ3n) is 5.44. The van der Waals surface area contributed by atoms with Gasteiger partial charge in [0.2, 0.25) is 0 Å². The molecule has 32 heavy (non-hydrogen) atoms. The minimum absolute atomic E-state index is 0.00567. The summed E-state index contributed by atoms with van der Waals surface area (Å²) in [5, 5.41) is 3.82. The Morgan fingerprint density at radius 2 is 1.19 bits per heavy atom. The quantitative estimate of drug-likeness (QED) is 0.0602. The fourth-order valence-corrected chi connectivity index (χ4v) is 4.66. The van der Waals surface area contributed by atoms with Gasteiger partial charge in [-0.2, -0.15) is 9.78 Å². The topological polar surface area (TPSA) is 36.9 Å². The highest BCUT2D eigenvalue weighted by Gasteiger charge is 2.20. The van der Waals surface area contributed by atoms with Crippen molar-refractivity contribution in [2.45, 2.75) is 73.9 Å². The molecular weight excluding hydrogens is 630 g/mol. The van der Waals surface area contributed by atoms with Crippen LogP contribution in [0.1, 0.15) is 64.9 Å². The van der Waals surface area contributed by atoms with Crippen LogP contribution in [0.5, 0.6) is 11.5 Å². The Hall–Kier alpha value is -0.840. The first-order valence-electron chi connectivity index (χ1n) is 11.5. The zero-order valence-electron chi connectivity index (χ0n) is 19.0. The van der Waals surface area contributed by atoms with Gasteiger partial charge in [-0.05, 0) is 76.1 Å². The molecule has 0 fully saturated rings. The maximum Gasteiger partial charge on any atom is 0.181 e. The molecule has 174 valence electrons.